The summed E-state index contributed by atoms with van der Waals surface area (Å²) in [6.45, 7) is 0. The fraction of sp³-hybridized carbons (Fsp3) is 0.562. The van der Waals surface area contributed by atoms with Crippen molar-refractivity contribution in [2.24, 2.45) is 5.41 Å². The number of sulfone groups is 1. The standard InChI is InChI=1S/C16H20O4S/c1-20-15(17)9-16(6-7-16)11-21(18,19)10-13-8-12-4-2-3-5-14(12)13/h2-5,13H,6-11H2,1H3. The van der Waals surface area contributed by atoms with E-state index in [0.717, 1.165) is 19.3 Å². The number of rotatable bonds is 6. The summed E-state index contributed by atoms with van der Waals surface area (Å²) in [5, 5.41) is 0. The average Bonchev–Trinajstić information content (AvgIpc) is 3.14. The van der Waals surface area contributed by atoms with Gasteiger partial charge in [-0.2, -0.15) is 0 Å². The minimum atomic E-state index is -3.14. The lowest BCUT2D eigenvalue weighted by atomic mass is 9.79. The summed E-state index contributed by atoms with van der Waals surface area (Å²) in [7, 11) is -1.80. The van der Waals surface area contributed by atoms with Crippen LogP contribution >= 0.6 is 0 Å². The quantitative estimate of drug-likeness (QED) is 0.755. The SMILES string of the molecule is COC(=O)CC1(CS(=O)(=O)CC2Cc3ccccc32)CC1. The molecule has 0 aliphatic heterocycles. The van der Waals surface area contributed by atoms with Crippen LogP contribution in [0, 0.1) is 5.41 Å². The second kappa shape index (κ2) is 5.13. The lowest BCUT2D eigenvalue weighted by Crippen LogP contribution is -2.29. The van der Waals surface area contributed by atoms with E-state index in [1.54, 1.807) is 0 Å². The fourth-order valence-corrected chi connectivity index (χ4v) is 5.62. The minimum Gasteiger partial charge on any atom is -0.469 e. The van der Waals surface area contributed by atoms with Crippen LogP contribution in [0.2, 0.25) is 0 Å². The Labute approximate surface area is 125 Å². The van der Waals surface area contributed by atoms with E-state index in [1.807, 2.05) is 18.2 Å². The molecule has 1 aromatic carbocycles. The molecule has 0 N–H and O–H groups in total. The zero-order chi connectivity index (χ0) is 15.1. The number of hydrogen-bond acceptors (Lipinski definition) is 4. The molecule has 2 aliphatic carbocycles. The lowest BCUT2D eigenvalue weighted by molar-refractivity contribution is -0.141. The maximum absolute atomic E-state index is 12.4. The van der Waals surface area contributed by atoms with Gasteiger partial charge in [0.2, 0.25) is 0 Å². The number of carbonyl (C=O) groups is 1. The van der Waals surface area contributed by atoms with Crippen molar-refractivity contribution in [3.8, 4) is 0 Å². The molecule has 2 aliphatic rings. The molecule has 0 spiro atoms. The largest absolute Gasteiger partial charge is 0.469 e. The topological polar surface area (TPSA) is 60.4 Å². The van der Waals surface area contributed by atoms with Crippen molar-refractivity contribution < 1.29 is 17.9 Å². The summed E-state index contributed by atoms with van der Waals surface area (Å²) in [5.74, 6) is 0.137. The summed E-state index contributed by atoms with van der Waals surface area (Å²) in [6.07, 6.45) is 2.69. The molecular weight excluding hydrogens is 288 g/mol. The van der Waals surface area contributed by atoms with Gasteiger partial charge in [0.1, 0.15) is 0 Å². The second-order valence-corrected chi connectivity index (χ2v) is 8.52. The Morgan fingerprint density at radius 1 is 1.33 bits per heavy atom. The lowest BCUT2D eigenvalue weighted by Gasteiger charge is -2.30. The summed E-state index contributed by atoms with van der Waals surface area (Å²) in [4.78, 5) is 11.4. The van der Waals surface area contributed by atoms with Crippen molar-refractivity contribution in [2.45, 2.75) is 31.6 Å². The first-order valence-electron chi connectivity index (χ1n) is 7.28. The van der Waals surface area contributed by atoms with Gasteiger partial charge >= 0.3 is 5.97 Å². The smallest absolute Gasteiger partial charge is 0.306 e. The van der Waals surface area contributed by atoms with E-state index in [4.69, 9.17) is 0 Å². The first-order chi connectivity index (χ1) is 9.93. The van der Waals surface area contributed by atoms with Crippen molar-refractivity contribution in [3.05, 3.63) is 35.4 Å². The van der Waals surface area contributed by atoms with E-state index in [-0.39, 0.29) is 35.2 Å². The molecule has 114 valence electrons. The first-order valence-corrected chi connectivity index (χ1v) is 9.10. The van der Waals surface area contributed by atoms with Crippen molar-refractivity contribution in [2.75, 3.05) is 18.6 Å². The zero-order valence-corrected chi connectivity index (χ0v) is 13.0. The summed E-state index contributed by atoms with van der Waals surface area (Å²) >= 11 is 0. The van der Waals surface area contributed by atoms with Crippen molar-refractivity contribution >= 4 is 15.8 Å². The van der Waals surface area contributed by atoms with Gasteiger partial charge in [0.15, 0.2) is 9.84 Å². The first kappa shape index (κ1) is 14.6. The highest BCUT2D eigenvalue weighted by molar-refractivity contribution is 7.91. The molecule has 0 amide bonds. The van der Waals surface area contributed by atoms with E-state index in [2.05, 4.69) is 10.8 Å². The molecule has 0 radical (unpaired) electrons. The van der Waals surface area contributed by atoms with Gasteiger partial charge in [0.25, 0.3) is 0 Å². The Morgan fingerprint density at radius 2 is 2.05 bits per heavy atom. The van der Waals surface area contributed by atoms with Crippen molar-refractivity contribution in [1.82, 2.24) is 0 Å². The third kappa shape index (κ3) is 3.12. The fourth-order valence-electron chi connectivity index (χ4n) is 3.27. The predicted octanol–water partition coefficient (Wildman–Crippen LogP) is 2.08. The predicted molar refractivity (Wildman–Crippen MR) is 79.8 cm³/mol. The van der Waals surface area contributed by atoms with Gasteiger partial charge < -0.3 is 4.74 Å². The van der Waals surface area contributed by atoms with Crippen LogP contribution in [0.15, 0.2) is 24.3 Å². The average molecular weight is 308 g/mol. The van der Waals surface area contributed by atoms with Gasteiger partial charge in [-0.15, -0.1) is 0 Å². The molecule has 1 fully saturated rings. The van der Waals surface area contributed by atoms with Gasteiger partial charge in [0.05, 0.1) is 25.0 Å². The number of hydrogen-bond donors (Lipinski definition) is 0. The molecule has 4 nitrogen and oxygen atoms in total. The molecule has 0 heterocycles. The summed E-state index contributed by atoms with van der Waals surface area (Å²) in [6, 6.07) is 8.01. The Bertz CT molecular complexity index is 659. The van der Waals surface area contributed by atoms with Crippen LogP contribution in [0.25, 0.3) is 0 Å². The third-order valence-corrected chi connectivity index (χ3v) is 6.61. The second-order valence-electron chi connectivity index (χ2n) is 6.41. The number of ether oxygens (including phenoxy) is 1. The molecule has 1 saturated carbocycles. The van der Waals surface area contributed by atoms with Crippen LogP contribution in [0.1, 0.15) is 36.3 Å². The van der Waals surface area contributed by atoms with Crippen LogP contribution in [-0.4, -0.2) is 33.0 Å². The van der Waals surface area contributed by atoms with Gasteiger partial charge in [-0.05, 0) is 35.8 Å². The zero-order valence-electron chi connectivity index (χ0n) is 12.2. The molecular formula is C16H20O4S. The summed E-state index contributed by atoms with van der Waals surface area (Å²) < 4.78 is 29.5. The van der Waals surface area contributed by atoms with Crippen LogP contribution in [0.5, 0.6) is 0 Å². The number of esters is 1. The van der Waals surface area contributed by atoms with Gasteiger partial charge in [-0.1, -0.05) is 24.3 Å². The molecule has 5 heteroatoms. The Balaban J connectivity index is 1.63. The van der Waals surface area contributed by atoms with Crippen molar-refractivity contribution in [3.63, 3.8) is 0 Å². The van der Waals surface area contributed by atoms with Crippen LogP contribution in [0.4, 0.5) is 0 Å². The molecule has 0 aromatic heterocycles. The molecule has 1 atom stereocenters. The van der Waals surface area contributed by atoms with E-state index in [9.17, 15) is 13.2 Å². The monoisotopic (exact) mass is 308 g/mol. The highest BCUT2D eigenvalue weighted by Gasteiger charge is 2.48. The maximum Gasteiger partial charge on any atom is 0.306 e. The van der Waals surface area contributed by atoms with Crippen LogP contribution in [0.3, 0.4) is 0 Å². The number of fused-ring (bicyclic) bond motifs is 1. The third-order valence-electron chi connectivity index (χ3n) is 4.65. The van der Waals surface area contributed by atoms with E-state index in [1.165, 1.54) is 18.2 Å². The highest BCUT2D eigenvalue weighted by atomic mass is 32.2. The molecule has 3 rings (SSSR count). The normalized spacial score (nSPS) is 22.0. The van der Waals surface area contributed by atoms with Crippen molar-refractivity contribution in [1.29, 1.82) is 0 Å². The number of benzene rings is 1. The number of methoxy groups -OCH3 is 1. The van der Waals surface area contributed by atoms with Crippen LogP contribution < -0.4 is 0 Å². The summed E-state index contributed by atoms with van der Waals surface area (Å²) in [5.41, 5.74) is 2.07. The van der Waals surface area contributed by atoms with Gasteiger partial charge in [0, 0.05) is 5.92 Å². The van der Waals surface area contributed by atoms with E-state index < -0.39 is 9.84 Å². The Hall–Kier alpha value is -1.36. The minimum absolute atomic E-state index is 0.119. The maximum atomic E-state index is 12.4. The van der Waals surface area contributed by atoms with Gasteiger partial charge in [-0.3, -0.25) is 4.79 Å². The molecule has 1 unspecified atom stereocenters. The highest BCUT2D eigenvalue weighted by Crippen LogP contribution is 2.50. The Kier molecular flexibility index (Phi) is 3.56. The van der Waals surface area contributed by atoms with E-state index in [0.29, 0.717) is 0 Å². The Morgan fingerprint density at radius 3 is 2.67 bits per heavy atom. The number of carbonyl (C=O) groups excluding carboxylic acids is 1. The van der Waals surface area contributed by atoms with Gasteiger partial charge in [-0.25, -0.2) is 8.42 Å². The molecule has 1 aromatic rings. The van der Waals surface area contributed by atoms with Crippen LogP contribution in [-0.2, 0) is 25.8 Å². The molecule has 0 saturated heterocycles. The molecule has 21 heavy (non-hydrogen) atoms. The molecule has 0 bridgehead atoms. The van der Waals surface area contributed by atoms with E-state index >= 15 is 0 Å².